The fourth-order valence-corrected chi connectivity index (χ4v) is 2.35. The van der Waals surface area contributed by atoms with Gasteiger partial charge in [-0.2, -0.15) is 13.2 Å². The third-order valence-corrected chi connectivity index (χ3v) is 3.42. The molecule has 0 radical (unpaired) electrons. The summed E-state index contributed by atoms with van der Waals surface area (Å²) in [4.78, 5) is 23.1. The van der Waals surface area contributed by atoms with E-state index >= 15 is 0 Å². The molecule has 0 saturated heterocycles. The lowest BCUT2D eigenvalue weighted by Gasteiger charge is -2.16. The molecule has 0 aliphatic rings. The Bertz CT molecular complexity index is 479. The van der Waals surface area contributed by atoms with E-state index in [2.05, 4.69) is 0 Å². The second kappa shape index (κ2) is 7.92. The third-order valence-electron chi connectivity index (χ3n) is 2.41. The molecule has 0 bridgehead atoms. The van der Waals surface area contributed by atoms with Crippen LogP contribution in [0.2, 0.25) is 0 Å². The highest BCUT2D eigenvalue weighted by Crippen LogP contribution is 2.22. The number of aliphatic carboxylic acids is 1. The van der Waals surface area contributed by atoms with E-state index in [0.29, 0.717) is 5.75 Å². The van der Waals surface area contributed by atoms with E-state index in [4.69, 9.17) is 5.11 Å². The van der Waals surface area contributed by atoms with Crippen molar-refractivity contribution >= 4 is 23.6 Å². The van der Waals surface area contributed by atoms with Crippen molar-refractivity contribution in [2.45, 2.75) is 30.0 Å². The zero-order chi connectivity index (χ0) is 15.9. The maximum absolute atomic E-state index is 12.2. The van der Waals surface area contributed by atoms with Gasteiger partial charge in [-0.25, -0.2) is 4.79 Å². The molecule has 1 unspecified atom stereocenters. The monoisotopic (exact) mass is 321 g/mol. The number of amides is 1. The maximum Gasteiger partial charge on any atom is 0.391 e. The summed E-state index contributed by atoms with van der Waals surface area (Å²) in [5, 5.41) is 10.6. The Kier molecular flexibility index (Phi) is 6.54. The molecule has 0 spiro atoms. The van der Waals surface area contributed by atoms with Crippen LogP contribution in [-0.4, -0.2) is 35.0 Å². The number of rotatable bonds is 7. The number of thioether (sulfide) groups is 1. The van der Waals surface area contributed by atoms with Gasteiger partial charge < -0.3 is 10.4 Å². The first-order valence-electron chi connectivity index (χ1n) is 6.04. The van der Waals surface area contributed by atoms with E-state index in [1.165, 1.54) is 11.8 Å². The number of carbonyl (C=O) groups is 2. The standard InChI is InChI=1S/C13H14F3NO3S/c14-13(15,16)8-10(12(19)20)17-11(18)6-7-21-9-4-2-1-3-5-9/h1-5,10H,6-8H2,(H,17,18)(H,19,20). The topological polar surface area (TPSA) is 66.4 Å². The van der Waals surface area contributed by atoms with Crippen LogP contribution in [0, 0.1) is 0 Å². The summed E-state index contributed by atoms with van der Waals surface area (Å²) in [6, 6.07) is 7.22. The fourth-order valence-electron chi connectivity index (χ4n) is 1.48. The molecule has 8 heteroatoms. The third kappa shape index (κ3) is 7.60. The summed E-state index contributed by atoms with van der Waals surface area (Å²) < 4.78 is 36.5. The molecule has 1 aromatic rings. The first-order chi connectivity index (χ1) is 9.78. The molecular weight excluding hydrogens is 307 g/mol. The predicted molar refractivity (Wildman–Crippen MR) is 72.0 cm³/mol. The van der Waals surface area contributed by atoms with E-state index in [-0.39, 0.29) is 6.42 Å². The molecule has 0 aliphatic heterocycles. The van der Waals surface area contributed by atoms with Crippen LogP contribution in [-0.2, 0) is 9.59 Å². The Morgan fingerprint density at radius 3 is 2.38 bits per heavy atom. The van der Waals surface area contributed by atoms with E-state index < -0.39 is 30.5 Å². The molecular formula is C13H14F3NO3S. The minimum atomic E-state index is -4.64. The average Bonchev–Trinajstić information content (AvgIpc) is 2.37. The molecule has 1 aromatic carbocycles. The van der Waals surface area contributed by atoms with Gasteiger partial charge in [0.25, 0.3) is 0 Å². The van der Waals surface area contributed by atoms with Gasteiger partial charge in [0.15, 0.2) is 0 Å². The van der Waals surface area contributed by atoms with Gasteiger partial charge in [0, 0.05) is 17.1 Å². The van der Waals surface area contributed by atoms with E-state index in [0.717, 1.165) is 4.90 Å². The van der Waals surface area contributed by atoms with Crippen LogP contribution in [0.25, 0.3) is 0 Å². The number of nitrogens with one attached hydrogen (secondary N) is 1. The second-order valence-electron chi connectivity index (χ2n) is 4.19. The summed E-state index contributed by atoms with van der Waals surface area (Å²) in [5.41, 5.74) is 0. The zero-order valence-corrected chi connectivity index (χ0v) is 11.7. The number of carboxylic acid groups (broad SMARTS) is 1. The van der Waals surface area contributed by atoms with Gasteiger partial charge in [-0.1, -0.05) is 18.2 Å². The molecule has 0 saturated carbocycles. The van der Waals surface area contributed by atoms with E-state index in [9.17, 15) is 22.8 Å². The summed E-state index contributed by atoms with van der Waals surface area (Å²) >= 11 is 1.37. The van der Waals surface area contributed by atoms with Crippen molar-refractivity contribution in [3.63, 3.8) is 0 Å². The van der Waals surface area contributed by atoms with Crippen LogP contribution < -0.4 is 5.32 Å². The van der Waals surface area contributed by atoms with Crippen LogP contribution in [0.4, 0.5) is 13.2 Å². The Morgan fingerprint density at radius 1 is 1.24 bits per heavy atom. The lowest BCUT2D eigenvalue weighted by molar-refractivity contribution is -0.159. The number of halogens is 3. The van der Waals surface area contributed by atoms with Gasteiger partial charge >= 0.3 is 12.1 Å². The molecule has 116 valence electrons. The number of carbonyl (C=O) groups excluding carboxylic acids is 1. The smallest absolute Gasteiger partial charge is 0.391 e. The SMILES string of the molecule is O=C(CCSc1ccccc1)NC(CC(F)(F)F)C(=O)O. The molecule has 1 rings (SSSR count). The van der Waals surface area contributed by atoms with Crippen LogP contribution in [0.5, 0.6) is 0 Å². The molecule has 0 fully saturated rings. The highest BCUT2D eigenvalue weighted by Gasteiger charge is 2.36. The van der Waals surface area contributed by atoms with Crippen molar-refractivity contribution < 1.29 is 27.9 Å². The quantitative estimate of drug-likeness (QED) is 0.758. The molecule has 21 heavy (non-hydrogen) atoms. The van der Waals surface area contributed by atoms with Crippen molar-refractivity contribution in [2.75, 3.05) is 5.75 Å². The Balaban J connectivity index is 2.38. The van der Waals surface area contributed by atoms with Gasteiger partial charge in [-0.05, 0) is 12.1 Å². The van der Waals surface area contributed by atoms with Gasteiger partial charge in [-0.15, -0.1) is 11.8 Å². The fraction of sp³-hybridized carbons (Fsp3) is 0.385. The molecule has 2 N–H and O–H groups in total. The second-order valence-corrected chi connectivity index (χ2v) is 5.36. The molecule has 1 amide bonds. The van der Waals surface area contributed by atoms with Crippen molar-refractivity contribution in [3.8, 4) is 0 Å². The minimum absolute atomic E-state index is 0.0544. The molecule has 1 atom stereocenters. The Morgan fingerprint density at radius 2 is 1.86 bits per heavy atom. The van der Waals surface area contributed by atoms with Gasteiger partial charge in [0.1, 0.15) is 6.04 Å². The summed E-state index contributed by atoms with van der Waals surface area (Å²) in [6.07, 6.45) is -6.28. The van der Waals surface area contributed by atoms with Crippen molar-refractivity contribution in [3.05, 3.63) is 30.3 Å². The number of hydrogen-bond donors (Lipinski definition) is 2. The minimum Gasteiger partial charge on any atom is -0.480 e. The van der Waals surface area contributed by atoms with E-state index in [1.807, 2.05) is 35.6 Å². The van der Waals surface area contributed by atoms with Crippen molar-refractivity contribution in [1.29, 1.82) is 0 Å². The Hall–Kier alpha value is -1.70. The number of carboxylic acids is 1. The maximum atomic E-state index is 12.2. The van der Waals surface area contributed by atoms with Crippen LogP contribution in [0.1, 0.15) is 12.8 Å². The van der Waals surface area contributed by atoms with Gasteiger partial charge in [0.2, 0.25) is 5.91 Å². The first kappa shape index (κ1) is 17.4. The summed E-state index contributed by atoms with van der Waals surface area (Å²) in [7, 11) is 0. The molecule has 0 aromatic heterocycles. The van der Waals surface area contributed by atoms with Crippen LogP contribution >= 0.6 is 11.8 Å². The summed E-state index contributed by atoms with van der Waals surface area (Å²) in [5.74, 6) is -2.06. The first-order valence-corrected chi connectivity index (χ1v) is 7.03. The number of hydrogen-bond acceptors (Lipinski definition) is 3. The van der Waals surface area contributed by atoms with Crippen molar-refractivity contribution in [1.82, 2.24) is 5.32 Å². The van der Waals surface area contributed by atoms with Gasteiger partial charge in [0.05, 0.1) is 6.42 Å². The lowest BCUT2D eigenvalue weighted by Crippen LogP contribution is -2.43. The average molecular weight is 321 g/mol. The summed E-state index contributed by atoms with van der Waals surface area (Å²) in [6.45, 7) is 0. The molecule has 0 heterocycles. The highest BCUT2D eigenvalue weighted by molar-refractivity contribution is 7.99. The van der Waals surface area contributed by atoms with Crippen molar-refractivity contribution in [2.24, 2.45) is 0 Å². The molecule has 0 aliphatic carbocycles. The number of alkyl halides is 3. The molecule has 4 nitrogen and oxygen atoms in total. The largest absolute Gasteiger partial charge is 0.480 e. The Labute approximate surface area is 123 Å². The van der Waals surface area contributed by atoms with Gasteiger partial charge in [-0.3, -0.25) is 4.79 Å². The van der Waals surface area contributed by atoms with E-state index in [1.54, 1.807) is 0 Å². The lowest BCUT2D eigenvalue weighted by atomic mass is 10.2. The zero-order valence-electron chi connectivity index (χ0n) is 10.9. The number of benzene rings is 1. The predicted octanol–water partition coefficient (Wildman–Crippen LogP) is 2.69. The highest BCUT2D eigenvalue weighted by atomic mass is 32.2. The normalized spacial score (nSPS) is 12.7. The van der Waals surface area contributed by atoms with Crippen LogP contribution in [0.3, 0.4) is 0 Å². The van der Waals surface area contributed by atoms with Crippen LogP contribution in [0.15, 0.2) is 35.2 Å².